The van der Waals surface area contributed by atoms with Crippen LogP contribution in [0, 0.1) is 0 Å². The molecule has 0 spiro atoms. The van der Waals surface area contributed by atoms with Gasteiger partial charge in [-0.3, -0.25) is 4.79 Å². The van der Waals surface area contributed by atoms with E-state index in [4.69, 9.17) is 9.15 Å². The zero-order chi connectivity index (χ0) is 22.2. The number of unbranched alkanes of at least 4 members (excludes halogenated alkanes) is 5. The van der Waals surface area contributed by atoms with Crippen molar-refractivity contribution in [1.29, 1.82) is 0 Å². The van der Waals surface area contributed by atoms with E-state index in [-0.39, 0.29) is 5.97 Å². The molecule has 0 N–H and O–H groups in total. The van der Waals surface area contributed by atoms with Gasteiger partial charge >= 0.3 is 11.6 Å². The largest absolute Gasteiger partial charge is 0.426 e. The first kappa shape index (κ1) is 24.4. The highest BCUT2D eigenvalue weighted by molar-refractivity contribution is 5.79. The second-order valence-electron chi connectivity index (χ2n) is 7.56. The van der Waals surface area contributed by atoms with E-state index in [1.165, 1.54) is 31.7 Å². The number of allylic oxidation sites excluding steroid dienone is 6. The molecule has 0 aliphatic carbocycles. The highest BCUT2D eigenvalue weighted by Crippen LogP contribution is 2.20. The van der Waals surface area contributed by atoms with E-state index in [2.05, 4.69) is 43.4 Å². The lowest BCUT2D eigenvalue weighted by atomic mass is 10.1. The second-order valence-corrected chi connectivity index (χ2v) is 7.56. The Morgan fingerprint density at radius 1 is 0.871 bits per heavy atom. The van der Waals surface area contributed by atoms with Gasteiger partial charge in [0.05, 0.1) is 0 Å². The Morgan fingerprint density at radius 2 is 1.52 bits per heavy atom. The van der Waals surface area contributed by atoms with Crippen LogP contribution in [-0.2, 0) is 4.79 Å². The zero-order valence-electron chi connectivity index (χ0n) is 18.6. The second kappa shape index (κ2) is 15.0. The maximum absolute atomic E-state index is 12.0. The average molecular weight is 423 g/mol. The minimum absolute atomic E-state index is 0.271. The summed E-state index contributed by atoms with van der Waals surface area (Å²) in [5, 5.41) is 0.792. The predicted octanol–water partition coefficient (Wildman–Crippen LogP) is 7.29. The van der Waals surface area contributed by atoms with Crippen molar-refractivity contribution < 1.29 is 13.9 Å². The third kappa shape index (κ3) is 10.6. The smallest absolute Gasteiger partial charge is 0.336 e. The highest BCUT2D eigenvalue weighted by Gasteiger charge is 2.06. The van der Waals surface area contributed by atoms with Crippen LogP contribution in [-0.4, -0.2) is 5.97 Å². The van der Waals surface area contributed by atoms with Gasteiger partial charge in [-0.25, -0.2) is 4.79 Å². The van der Waals surface area contributed by atoms with Crippen LogP contribution in [0.3, 0.4) is 0 Å². The molecule has 0 bridgehead atoms. The Bertz CT molecular complexity index is 934. The molecule has 1 aromatic carbocycles. The molecule has 1 heterocycles. The first-order valence-electron chi connectivity index (χ1n) is 11.4. The van der Waals surface area contributed by atoms with Crippen molar-refractivity contribution in [2.24, 2.45) is 0 Å². The lowest BCUT2D eigenvalue weighted by Gasteiger charge is -2.04. The van der Waals surface area contributed by atoms with E-state index in [1.54, 1.807) is 24.3 Å². The van der Waals surface area contributed by atoms with Crippen molar-refractivity contribution in [3.8, 4) is 5.75 Å². The number of carbonyl (C=O) groups is 1. The van der Waals surface area contributed by atoms with E-state index in [9.17, 15) is 9.59 Å². The summed E-state index contributed by atoms with van der Waals surface area (Å²) in [5.74, 6) is 0.127. The maximum atomic E-state index is 12.0. The molecule has 0 fully saturated rings. The van der Waals surface area contributed by atoms with Gasteiger partial charge in [-0.15, -0.1) is 0 Å². The summed E-state index contributed by atoms with van der Waals surface area (Å²) in [6.45, 7) is 2.23. The molecule has 4 heteroatoms. The molecule has 0 unspecified atom stereocenters. The fourth-order valence-electron chi connectivity index (χ4n) is 3.11. The third-order valence-electron chi connectivity index (χ3n) is 4.85. The molecule has 2 rings (SSSR count). The van der Waals surface area contributed by atoms with Gasteiger partial charge in [-0.1, -0.05) is 56.2 Å². The molecule has 0 aliphatic heterocycles. The van der Waals surface area contributed by atoms with Gasteiger partial charge in [0.1, 0.15) is 11.3 Å². The number of carbonyl (C=O) groups excluding carboxylic acids is 1. The molecule has 166 valence electrons. The minimum atomic E-state index is -0.422. The minimum Gasteiger partial charge on any atom is -0.426 e. The molecular formula is C27H34O4. The summed E-state index contributed by atoms with van der Waals surface area (Å²) in [6.07, 6.45) is 23.3. The van der Waals surface area contributed by atoms with Crippen molar-refractivity contribution in [2.45, 2.75) is 71.1 Å². The Hall–Kier alpha value is -2.88. The summed E-state index contributed by atoms with van der Waals surface area (Å²) >= 11 is 0. The van der Waals surface area contributed by atoms with Crippen molar-refractivity contribution in [1.82, 2.24) is 0 Å². The van der Waals surface area contributed by atoms with Crippen molar-refractivity contribution in [2.75, 3.05) is 0 Å². The third-order valence-corrected chi connectivity index (χ3v) is 4.85. The van der Waals surface area contributed by atoms with Crippen molar-refractivity contribution in [3.63, 3.8) is 0 Å². The Morgan fingerprint density at radius 3 is 2.23 bits per heavy atom. The molecule has 1 aromatic heterocycles. The van der Waals surface area contributed by atoms with Crippen LogP contribution in [0.25, 0.3) is 11.0 Å². The fourth-order valence-corrected chi connectivity index (χ4v) is 3.11. The van der Waals surface area contributed by atoms with Crippen LogP contribution in [0.5, 0.6) is 5.75 Å². The maximum Gasteiger partial charge on any atom is 0.336 e. The predicted molar refractivity (Wildman–Crippen MR) is 127 cm³/mol. The summed E-state index contributed by atoms with van der Waals surface area (Å²) in [7, 11) is 0. The van der Waals surface area contributed by atoms with Crippen LogP contribution in [0.15, 0.2) is 76.0 Å². The Kier molecular flexibility index (Phi) is 11.8. The van der Waals surface area contributed by atoms with Crippen molar-refractivity contribution >= 4 is 16.9 Å². The summed E-state index contributed by atoms with van der Waals surface area (Å²) in [4.78, 5) is 23.3. The molecule has 31 heavy (non-hydrogen) atoms. The molecule has 0 atom stereocenters. The number of benzene rings is 1. The first-order valence-corrected chi connectivity index (χ1v) is 11.4. The van der Waals surface area contributed by atoms with Gasteiger partial charge in [0.2, 0.25) is 0 Å². The van der Waals surface area contributed by atoms with E-state index < -0.39 is 5.63 Å². The molecule has 2 aromatic rings. The van der Waals surface area contributed by atoms with Crippen LogP contribution >= 0.6 is 0 Å². The number of fused-ring (bicyclic) bond motifs is 1. The van der Waals surface area contributed by atoms with Gasteiger partial charge in [0, 0.05) is 23.9 Å². The molecule has 0 saturated heterocycles. The normalized spacial score (nSPS) is 11.9. The molecule has 4 nitrogen and oxygen atoms in total. The van der Waals surface area contributed by atoms with E-state index in [0.29, 0.717) is 17.8 Å². The van der Waals surface area contributed by atoms with E-state index >= 15 is 0 Å². The lowest BCUT2D eigenvalue weighted by molar-refractivity contribution is -0.134. The van der Waals surface area contributed by atoms with Gasteiger partial charge in [-0.2, -0.15) is 0 Å². The van der Waals surface area contributed by atoms with Gasteiger partial charge in [0.25, 0.3) is 0 Å². The zero-order valence-corrected chi connectivity index (χ0v) is 18.6. The van der Waals surface area contributed by atoms with Gasteiger partial charge in [-0.05, 0) is 63.1 Å². The topological polar surface area (TPSA) is 56.5 Å². The number of hydrogen-bond acceptors (Lipinski definition) is 4. The summed E-state index contributed by atoms with van der Waals surface area (Å²) in [6, 6.07) is 8.10. The monoisotopic (exact) mass is 422 g/mol. The number of rotatable bonds is 14. The average Bonchev–Trinajstić information content (AvgIpc) is 2.76. The highest BCUT2D eigenvalue weighted by atomic mass is 16.5. The van der Waals surface area contributed by atoms with E-state index in [0.717, 1.165) is 37.5 Å². The van der Waals surface area contributed by atoms with E-state index in [1.807, 2.05) is 0 Å². The van der Waals surface area contributed by atoms with Crippen LogP contribution in [0.4, 0.5) is 0 Å². The molecule has 0 aliphatic rings. The lowest BCUT2D eigenvalue weighted by Crippen LogP contribution is -2.07. The number of esters is 1. The molecular weight excluding hydrogens is 388 g/mol. The summed E-state index contributed by atoms with van der Waals surface area (Å²) in [5.41, 5.74) is -0.00542. The molecule has 0 saturated carbocycles. The molecule has 0 radical (unpaired) electrons. The number of hydrogen-bond donors (Lipinski definition) is 0. The van der Waals surface area contributed by atoms with Gasteiger partial charge < -0.3 is 9.15 Å². The van der Waals surface area contributed by atoms with Crippen LogP contribution in [0.1, 0.15) is 71.1 Å². The Labute approximate surface area is 185 Å². The first-order chi connectivity index (χ1) is 15.2. The Balaban J connectivity index is 1.54. The fraction of sp³-hybridized carbons (Fsp3) is 0.407. The standard InChI is InChI=1S/C27H34O4/c1-2-3-4-5-6-7-8-9-10-11-12-13-14-15-16-17-26(28)30-24-20-18-23-19-21-27(29)31-25(23)22-24/h6-7,9-10,12-13,18-22H,2-5,8,11,14-17H2,1H3/b7-6-,10-9-,13-12-. The molecule has 0 amide bonds. The van der Waals surface area contributed by atoms with Crippen molar-refractivity contribution in [3.05, 3.63) is 77.2 Å². The number of ether oxygens (including phenoxy) is 1. The quantitative estimate of drug-likeness (QED) is 0.105. The van der Waals surface area contributed by atoms with Crippen LogP contribution in [0.2, 0.25) is 0 Å². The van der Waals surface area contributed by atoms with Crippen LogP contribution < -0.4 is 10.4 Å². The summed E-state index contributed by atoms with van der Waals surface area (Å²) < 4.78 is 10.5. The SMILES string of the molecule is CCCCC/C=C\C/C=C\C/C=C\CCCCC(=O)Oc1ccc2ccc(=O)oc2c1. The van der Waals surface area contributed by atoms with Gasteiger partial charge in [0.15, 0.2) is 0 Å².